The molecule has 0 aliphatic rings. The molecule has 1 heterocycles. The molecule has 106 valence electrons. The van der Waals surface area contributed by atoms with Gasteiger partial charge in [-0.15, -0.1) is 0 Å². The van der Waals surface area contributed by atoms with E-state index in [1.807, 2.05) is 5.38 Å². The number of carbonyl (C=O) groups excluding carboxylic acids is 2. The van der Waals surface area contributed by atoms with Crippen LogP contribution in [-0.4, -0.2) is 49.8 Å². The zero-order valence-electron chi connectivity index (χ0n) is 10.7. The van der Waals surface area contributed by atoms with Gasteiger partial charge in [-0.2, -0.15) is 11.3 Å². The summed E-state index contributed by atoms with van der Waals surface area (Å²) in [6.45, 7) is 0.329. The van der Waals surface area contributed by atoms with E-state index in [0.717, 1.165) is 0 Å². The first-order valence-corrected chi connectivity index (χ1v) is 6.81. The number of hydrogen-bond acceptors (Lipinski definition) is 5. The fourth-order valence-corrected chi connectivity index (χ4v) is 2.06. The van der Waals surface area contributed by atoms with Crippen LogP contribution in [0.5, 0.6) is 0 Å². The third-order valence-corrected chi connectivity index (χ3v) is 3.06. The van der Waals surface area contributed by atoms with E-state index >= 15 is 0 Å². The van der Waals surface area contributed by atoms with Crippen LogP contribution >= 0.6 is 11.3 Å². The van der Waals surface area contributed by atoms with Crippen LogP contribution in [0.1, 0.15) is 16.8 Å². The second-order valence-electron chi connectivity index (χ2n) is 3.92. The normalized spacial score (nSPS) is 11.9. The zero-order chi connectivity index (χ0) is 14.1. The molecule has 0 bridgehead atoms. The average molecular weight is 286 g/mol. The first-order chi connectivity index (χ1) is 9.17. The number of amides is 2. The van der Waals surface area contributed by atoms with E-state index in [-0.39, 0.29) is 38.0 Å². The first kappa shape index (κ1) is 15.6. The minimum atomic E-state index is -0.412. The highest BCUT2D eigenvalue weighted by Crippen LogP contribution is 2.04. The summed E-state index contributed by atoms with van der Waals surface area (Å²) in [5, 5.41) is 17.8. The van der Waals surface area contributed by atoms with E-state index in [4.69, 9.17) is 9.84 Å². The summed E-state index contributed by atoms with van der Waals surface area (Å²) in [5.41, 5.74) is 0.595. The SMILES string of the molecule is COCC(CO)NC(=O)CCNC(=O)c1ccsc1. The van der Waals surface area contributed by atoms with Gasteiger partial charge in [0.1, 0.15) is 0 Å². The molecule has 0 aromatic carbocycles. The Balaban J connectivity index is 2.21. The Hall–Kier alpha value is -1.44. The summed E-state index contributed by atoms with van der Waals surface area (Å²) in [4.78, 5) is 23.1. The number of ether oxygens (including phenoxy) is 1. The van der Waals surface area contributed by atoms with Crippen molar-refractivity contribution in [2.75, 3.05) is 26.9 Å². The maximum atomic E-state index is 11.6. The van der Waals surface area contributed by atoms with Gasteiger partial charge in [0, 0.05) is 31.0 Å². The van der Waals surface area contributed by atoms with Gasteiger partial charge < -0.3 is 20.5 Å². The Morgan fingerprint density at radius 2 is 2.32 bits per heavy atom. The molecule has 0 fully saturated rings. The molecule has 6 nitrogen and oxygen atoms in total. The minimum absolute atomic E-state index is 0.163. The predicted octanol–water partition coefficient (Wildman–Crippen LogP) is -0.00850. The number of rotatable bonds is 8. The van der Waals surface area contributed by atoms with Crippen LogP contribution in [0.15, 0.2) is 16.8 Å². The molecule has 0 radical (unpaired) electrons. The Bertz CT molecular complexity index is 394. The molecule has 7 heteroatoms. The molecule has 0 saturated carbocycles. The van der Waals surface area contributed by atoms with Crippen LogP contribution in [0, 0.1) is 0 Å². The lowest BCUT2D eigenvalue weighted by Gasteiger charge is -2.15. The summed E-state index contributed by atoms with van der Waals surface area (Å²) in [5.74, 6) is -0.425. The number of nitrogens with one attached hydrogen (secondary N) is 2. The molecule has 19 heavy (non-hydrogen) atoms. The second kappa shape index (κ2) is 8.63. The van der Waals surface area contributed by atoms with E-state index in [9.17, 15) is 9.59 Å². The fraction of sp³-hybridized carbons (Fsp3) is 0.500. The number of aliphatic hydroxyl groups excluding tert-OH is 1. The van der Waals surface area contributed by atoms with Crippen LogP contribution in [-0.2, 0) is 9.53 Å². The minimum Gasteiger partial charge on any atom is -0.394 e. The van der Waals surface area contributed by atoms with E-state index in [2.05, 4.69) is 10.6 Å². The lowest BCUT2D eigenvalue weighted by molar-refractivity contribution is -0.122. The zero-order valence-corrected chi connectivity index (χ0v) is 11.5. The fourth-order valence-electron chi connectivity index (χ4n) is 1.43. The standard InChI is InChI=1S/C12H18N2O4S/c1-18-7-10(6-15)14-11(16)2-4-13-12(17)9-3-5-19-8-9/h3,5,8,10,15H,2,4,6-7H2,1H3,(H,13,17)(H,14,16). The third kappa shape index (κ3) is 5.82. The first-order valence-electron chi connectivity index (χ1n) is 5.87. The van der Waals surface area contributed by atoms with Crippen molar-refractivity contribution in [3.05, 3.63) is 22.4 Å². The smallest absolute Gasteiger partial charge is 0.252 e. The van der Waals surface area contributed by atoms with E-state index in [0.29, 0.717) is 5.56 Å². The van der Waals surface area contributed by atoms with Gasteiger partial charge in [0.15, 0.2) is 0 Å². The number of hydrogen-bond donors (Lipinski definition) is 3. The van der Waals surface area contributed by atoms with Gasteiger partial charge in [0.2, 0.25) is 5.91 Å². The van der Waals surface area contributed by atoms with Crippen molar-refractivity contribution >= 4 is 23.2 Å². The van der Waals surface area contributed by atoms with Crippen molar-refractivity contribution in [1.29, 1.82) is 0 Å². The Morgan fingerprint density at radius 1 is 1.53 bits per heavy atom. The highest BCUT2D eigenvalue weighted by atomic mass is 32.1. The summed E-state index contributed by atoms with van der Waals surface area (Å²) in [6.07, 6.45) is 0.163. The van der Waals surface area contributed by atoms with Crippen molar-refractivity contribution in [2.24, 2.45) is 0 Å². The maximum absolute atomic E-state index is 11.6. The van der Waals surface area contributed by atoms with Gasteiger partial charge in [0.25, 0.3) is 5.91 Å². The van der Waals surface area contributed by atoms with E-state index in [1.165, 1.54) is 18.4 Å². The lowest BCUT2D eigenvalue weighted by Crippen LogP contribution is -2.41. The average Bonchev–Trinajstić information content (AvgIpc) is 2.92. The molecular formula is C12H18N2O4S. The van der Waals surface area contributed by atoms with Crippen LogP contribution in [0.3, 0.4) is 0 Å². The number of thiophene rings is 1. The summed E-state index contributed by atoms with van der Waals surface area (Å²) in [6, 6.07) is 1.31. The van der Waals surface area contributed by atoms with Gasteiger partial charge in [0.05, 0.1) is 19.3 Å². The highest BCUT2D eigenvalue weighted by molar-refractivity contribution is 7.08. The molecule has 1 aromatic rings. The monoisotopic (exact) mass is 286 g/mol. The molecule has 2 amide bonds. The van der Waals surface area contributed by atoms with Crippen LogP contribution in [0.2, 0.25) is 0 Å². The molecule has 0 aliphatic heterocycles. The molecule has 3 N–H and O–H groups in total. The molecule has 1 rings (SSSR count). The predicted molar refractivity (Wildman–Crippen MR) is 72.2 cm³/mol. The second-order valence-corrected chi connectivity index (χ2v) is 4.70. The summed E-state index contributed by atoms with van der Waals surface area (Å²) >= 11 is 1.44. The number of aliphatic hydroxyl groups is 1. The highest BCUT2D eigenvalue weighted by Gasteiger charge is 2.11. The van der Waals surface area contributed by atoms with E-state index in [1.54, 1.807) is 11.4 Å². The Kier molecular flexibility index (Phi) is 7.09. The van der Waals surface area contributed by atoms with Gasteiger partial charge in [-0.05, 0) is 11.4 Å². The molecular weight excluding hydrogens is 268 g/mol. The van der Waals surface area contributed by atoms with Crippen molar-refractivity contribution in [3.63, 3.8) is 0 Å². The Morgan fingerprint density at radius 3 is 2.89 bits per heavy atom. The summed E-state index contributed by atoms with van der Waals surface area (Å²) < 4.78 is 4.84. The van der Waals surface area contributed by atoms with Crippen LogP contribution in [0.4, 0.5) is 0 Å². The molecule has 1 unspecified atom stereocenters. The van der Waals surface area contributed by atoms with Gasteiger partial charge in [-0.3, -0.25) is 9.59 Å². The van der Waals surface area contributed by atoms with Crippen molar-refractivity contribution in [2.45, 2.75) is 12.5 Å². The third-order valence-electron chi connectivity index (χ3n) is 2.37. The van der Waals surface area contributed by atoms with Crippen molar-refractivity contribution in [3.8, 4) is 0 Å². The summed E-state index contributed by atoms with van der Waals surface area (Å²) in [7, 11) is 1.50. The largest absolute Gasteiger partial charge is 0.394 e. The maximum Gasteiger partial charge on any atom is 0.252 e. The van der Waals surface area contributed by atoms with E-state index < -0.39 is 6.04 Å². The van der Waals surface area contributed by atoms with Crippen LogP contribution in [0.25, 0.3) is 0 Å². The Labute approximate surface area is 115 Å². The van der Waals surface area contributed by atoms with Gasteiger partial charge >= 0.3 is 0 Å². The number of carbonyl (C=O) groups is 2. The molecule has 1 aromatic heterocycles. The molecule has 1 atom stereocenters. The molecule has 0 saturated heterocycles. The van der Waals surface area contributed by atoms with Crippen molar-refractivity contribution < 1.29 is 19.4 Å². The molecule has 0 spiro atoms. The van der Waals surface area contributed by atoms with Gasteiger partial charge in [-0.1, -0.05) is 0 Å². The topological polar surface area (TPSA) is 87.7 Å². The van der Waals surface area contributed by atoms with Crippen LogP contribution < -0.4 is 10.6 Å². The number of methoxy groups -OCH3 is 1. The lowest BCUT2D eigenvalue weighted by atomic mass is 10.3. The quantitative estimate of drug-likeness (QED) is 0.627. The van der Waals surface area contributed by atoms with Gasteiger partial charge in [-0.25, -0.2) is 0 Å². The molecule has 0 aliphatic carbocycles. The van der Waals surface area contributed by atoms with Crippen molar-refractivity contribution in [1.82, 2.24) is 10.6 Å².